The van der Waals surface area contributed by atoms with Crippen molar-refractivity contribution < 1.29 is 49.4 Å². The molecule has 0 aliphatic carbocycles. The Balaban J connectivity index is 1.71. The van der Waals surface area contributed by atoms with E-state index in [9.17, 15) is 49.4 Å². The SMILES string of the molecule is O=C(CCn1cnc(-c2cc(C(F)(F)F)cc(C(F)(F)F)c2)n1)N1CC(O)(C(F)(F)F)C1. The standard InChI is InChI=1S/C17H13F9N4O2/c18-15(19,20)10-3-9(4-11(5-10)16(21,22)23)13-27-8-30(28-13)2-1-12(31)29-6-14(32,7-29)17(24,25)26/h3-5,8,32H,1-2,6-7H2. The van der Waals surface area contributed by atoms with Gasteiger partial charge in [-0.1, -0.05) is 0 Å². The van der Waals surface area contributed by atoms with E-state index < -0.39 is 65.6 Å². The lowest BCUT2D eigenvalue weighted by Gasteiger charge is -2.46. The van der Waals surface area contributed by atoms with Crippen molar-refractivity contribution in [3.63, 3.8) is 0 Å². The maximum Gasteiger partial charge on any atom is 0.420 e. The number of likely N-dealkylation sites (tertiary alicyclic amines) is 1. The van der Waals surface area contributed by atoms with Crippen molar-refractivity contribution in [2.24, 2.45) is 0 Å². The Labute approximate surface area is 173 Å². The van der Waals surface area contributed by atoms with Gasteiger partial charge in [0.15, 0.2) is 11.4 Å². The van der Waals surface area contributed by atoms with Crippen molar-refractivity contribution >= 4 is 5.91 Å². The van der Waals surface area contributed by atoms with Crippen LogP contribution in [0.2, 0.25) is 0 Å². The third-order valence-electron chi connectivity index (χ3n) is 4.72. The fraction of sp³-hybridized carbons (Fsp3) is 0.471. The number of alkyl halides is 9. The Morgan fingerprint density at radius 2 is 1.50 bits per heavy atom. The van der Waals surface area contributed by atoms with E-state index in [1.54, 1.807) is 0 Å². The summed E-state index contributed by atoms with van der Waals surface area (Å²) in [6, 6.07) is 0.838. The van der Waals surface area contributed by atoms with Gasteiger partial charge in [0.1, 0.15) is 6.33 Å². The summed E-state index contributed by atoms with van der Waals surface area (Å²) >= 11 is 0. The predicted molar refractivity (Wildman–Crippen MR) is 87.7 cm³/mol. The highest BCUT2D eigenvalue weighted by Crippen LogP contribution is 2.39. The first kappa shape index (κ1) is 23.8. The minimum atomic E-state index is -5.06. The topological polar surface area (TPSA) is 71.2 Å². The monoisotopic (exact) mass is 476 g/mol. The number of carbonyl (C=O) groups excluding carboxylic acids is 1. The summed E-state index contributed by atoms with van der Waals surface area (Å²) in [5.74, 6) is -1.22. The fourth-order valence-electron chi connectivity index (χ4n) is 2.93. The van der Waals surface area contributed by atoms with Gasteiger partial charge in [0.25, 0.3) is 0 Å². The van der Waals surface area contributed by atoms with E-state index in [2.05, 4.69) is 10.1 Å². The highest BCUT2D eigenvalue weighted by atomic mass is 19.4. The van der Waals surface area contributed by atoms with E-state index in [1.165, 1.54) is 0 Å². The molecule has 0 bridgehead atoms. The summed E-state index contributed by atoms with van der Waals surface area (Å²) in [5, 5.41) is 13.1. The average molecular weight is 476 g/mol. The normalized spacial score (nSPS) is 16.8. The molecule has 1 aliphatic rings. The smallest absolute Gasteiger partial charge is 0.378 e. The van der Waals surface area contributed by atoms with Crippen molar-refractivity contribution in [3.05, 3.63) is 35.7 Å². The molecule has 32 heavy (non-hydrogen) atoms. The molecule has 0 unspecified atom stereocenters. The largest absolute Gasteiger partial charge is 0.420 e. The number of benzene rings is 1. The molecule has 3 rings (SSSR count). The second kappa shape index (κ2) is 7.64. The van der Waals surface area contributed by atoms with Gasteiger partial charge in [-0.3, -0.25) is 9.48 Å². The predicted octanol–water partition coefficient (Wildman–Crippen LogP) is 3.51. The molecule has 0 atom stereocenters. The van der Waals surface area contributed by atoms with Crippen LogP contribution in [0, 0.1) is 0 Å². The third kappa shape index (κ3) is 4.81. The Morgan fingerprint density at radius 3 is 1.97 bits per heavy atom. The molecule has 1 aromatic carbocycles. The number of aliphatic hydroxyl groups is 1. The molecule has 1 N–H and O–H groups in total. The molecule has 1 saturated heterocycles. The van der Waals surface area contributed by atoms with Crippen LogP contribution in [0.15, 0.2) is 24.5 Å². The first-order valence-corrected chi connectivity index (χ1v) is 8.76. The average Bonchev–Trinajstić information content (AvgIpc) is 3.10. The number of carbonyl (C=O) groups is 1. The Morgan fingerprint density at radius 1 is 0.969 bits per heavy atom. The second-order valence-corrected chi connectivity index (χ2v) is 7.15. The number of hydrogen-bond donors (Lipinski definition) is 1. The van der Waals surface area contributed by atoms with Crippen LogP contribution in [0.4, 0.5) is 39.5 Å². The fourth-order valence-corrected chi connectivity index (χ4v) is 2.93. The van der Waals surface area contributed by atoms with E-state index in [-0.39, 0.29) is 19.0 Å². The molecule has 1 aliphatic heterocycles. The van der Waals surface area contributed by atoms with Gasteiger partial charge >= 0.3 is 18.5 Å². The number of nitrogens with zero attached hydrogens (tertiary/aromatic N) is 4. The number of rotatable bonds is 4. The molecule has 1 fully saturated rings. The highest BCUT2D eigenvalue weighted by Gasteiger charge is 2.61. The first-order valence-electron chi connectivity index (χ1n) is 8.76. The van der Waals surface area contributed by atoms with Crippen molar-refractivity contribution in [2.75, 3.05) is 13.1 Å². The summed E-state index contributed by atoms with van der Waals surface area (Å²) < 4.78 is 117. The van der Waals surface area contributed by atoms with Crippen LogP contribution >= 0.6 is 0 Å². The molecule has 2 aromatic rings. The first-order chi connectivity index (χ1) is 14.5. The Kier molecular flexibility index (Phi) is 5.68. The number of halogens is 9. The van der Waals surface area contributed by atoms with Crippen molar-refractivity contribution in [2.45, 2.75) is 37.1 Å². The molecule has 2 heterocycles. The summed E-state index contributed by atoms with van der Waals surface area (Å²) in [6.07, 6.45) is -14.4. The molecule has 15 heteroatoms. The quantitative estimate of drug-likeness (QED) is 0.686. The lowest BCUT2D eigenvalue weighted by molar-refractivity contribution is -0.297. The van der Waals surface area contributed by atoms with E-state index in [4.69, 9.17) is 0 Å². The molecule has 0 radical (unpaired) electrons. The van der Waals surface area contributed by atoms with Gasteiger partial charge < -0.3 is 10.0 Å². The zero-order chi connectivity index (χ0) is 24.1. The highest BCUT2D eigenvalue weighted by molar-refractivity contribution is 5.77. The lowest BCUT2D eigenvalue weighted by atomic mass is 9.93. The summed E-state index contributed by atoms with van der Waals surface area (Å²) in [7, 11) is 0. The number of aromatic nitrogens is 3. The summed E-state index contributed by atoms with van der Waals surface area (Å²) in [4.78, 5) is 16.3. The van der Waals surface area contributed by atoms with E-state index in [0.29, 0.717) is 12.1 Å². The summed E-state index contributed by atoms with van der Waals surface area (Å²) in [6.45, 7) is -2.14. The third-order valence-corrected chi connectivity index (χ3v) is 4.72. The molecule has 0 spiro atoms. The van der Waals surface area contributed by atoms with E-state index >= 15 is 0 Å². The number of amides is 1. The van der Waals surface area contributed by atoms with Gasteiger partial charge in [-0.25, -0.2) is 4.98 Å². The number of hydrogen-bond acceptors (Lipinski definition) is 4. The minimum absolute atomic E-state index is 0.0473. The van der Waals surface area contributed by atoms with Gasteiger partial charge in [-0.05, 0) is 18.2 Å². The van der Waals surface area contributed by atoms with Crippen LogP contribution in [0.1, 0.15) is 17.5 Å². The second-order valence-electron chi connectivity index (χ2n) is 7.15. The van der Waals surface area contributed by atoms with Crippen molar-refractivity contribution in [1.29, 1.82) is 0 Å². The van der Waals surface area contributed by atoms with Crippen LogP contribution in [-0.2, 0) is 23.7 Å². The van der Waals surface area contributed by atoms with Gasteiger partial charge in [0.05, 0.1) is 30.8 Å². The zero-order valence-electron chi connectivity index (χ0n) is 15.7. The van der Waals surface area contributed by atoms with Gasteiger partial charge in [0.2, 0.25) is 5.91 Å². The molecule has 1 amide bonds. The number of β-amino-alcohol motifs (C(OH)–C–C–N with tert-alkyl or cyclic N) is 1. The molecular weight excluding hydrogens is 463 g/mol. The minimum Gasteiger partial charge on any atom is -0.378 e. The maximum absolute atomic E-state index is 13.0. The molecule has 1 aromatic heterocycles. The Bertz CT molecular complexity index is 972. The van der Waals surface area contributed by atoms with Crippen molar-refractivity contribution in [1.82, 2.24) is 19.7 Å². The number of aryl methyl sites for hydroxylation is 1. The Hall–Kier alpha value is -2.84. The summed E-state index contributed by atoms with van der Waals surface area (Å²) in [5.41, 5.74) is -6.65. The van der Waals surface area contributed by atoms with Gasteiger partial charge in [-0.2, -0.15) is 44.6 Å². The molecule has 176 valence electrons. The molecule has 6 nitrogen and oxygen atoms in total. The van der Waals surface area contributed by atoms with Crippen LogP contribution in [-0.4, -0.2) is 55.5 Å². The van der Waals surface area contributed by atoms with Gasteiger partial charge in [0, 0.05) is 12.0 Å². The van der Waals surface area contributed by atoms with E-state index in [1.807, 2.05) is 0 Å². The van der Waals surface area contributed by atoms with Crippen LogP contribution < -0.4 is 0 Å². The molecular formula is C17H13F9N4O2. The van der Waals surface area contributed by atoms with Crippen LogP contribution in [0.25, 0.3) is 11.4 Å². The van der Waals surface area contributed by atoms with Crippen molar-refractivity contribution in [3.8, 4) is 11.4 Å². The zero-order valence-corrected chi connectivity index (χ0v) is 15.7. The maximum atomic E-state index is 13.0. The van der Waals surface area contributed by atoms with Crippen LogP contribution in [0.3, 0.4) is 0 Å². The molecule has 0 saturated carbocycles. The van der Waals surface area contributed by atoms with Crippen LogP contribution in [0.5, 0.6) is 0 Å². The van der Waals surface area contributed by atoms with E-state index in [0.717, 1.165) is 15.9 Å². The van der Waals surface area contributed by atoms with Gasteiger partial charge in [-0.15, -0.1) is 0 Å². The lowest BCUT2D eigenvalue weighted by Crippen LogP contribution is -2.70.